The smallest absolute Gasteiger partial charge is 0.303 e. The van der Waals surface area contributed by atoms with Crippen molar-refractivity contribution in [3.8, 4) is 0 Å². The Morgan fingerprint density at radius 2 is 2.25 bits per heavy atom. The monoisotopic (exact) mass is 237 g/mol. The molecule has 0 saturated heterocycles. The number of aryl methyl sites for hydroxylation is 2. The molecule has 2 aromatic rings. The first-order valence-electron chi connectivity index (χ1n) is 5.06. The first kappa shape index (κ1) is 11.0. The minimum Gasteiger partial charge on any atom is -0.481 e. The van der Waals surface area contributed by atoms with E-state index in [2.05, 4.69) is 4.98 Å². The highest BCUT2D eigenvalue weighted by molar-refractivity contribution is 6.35. The third kappa shape index (κ3) is 2.04. The van der Waals surface area contributed by atoms with E-state index in [1.54, 1.807) is 0 Å². The standard InChI is InChI=1S/C12H12ClNO2/c1-7-2-4-10(13)9-6-8(14-12(7)9)3-5-11(15)16/h2,4,6,14H,3,5H2,1H3,(H,15,16). The van der Waals surface area contributed by atoms with E-state index >= 15 is 0 Å². The van der Waals surface area contributed by atoms with Gasteiger partial charge in [0.1, 0.15) is 0 Å². The maximum Gasteiger partial charge on any atom is 0.303 e. The van der Waals surface area contributed by atoms with Crippen LogP contribution in [-0.4, -0.2) is 16.1 Å². The van der Waals surface area contributed by atoms with Crippen molar-refractivity contribution in [1.29, 1.82) is 0 Å². The number of nitrogens with one attached hydrogen (secondary N) is 1. The summed E-state index contributed by atoms with van der Waals surface area (Å²) in [5.41, 5.74) is 3.02. The summed E-state index contributed by atoms with van der Waals surface area (Å²) >= 11 is 6.07. The zero-order chi connectivity index (χ0) is 11.7. The minimum atomic E-state index is -0.790. The van der Waals surface area contributed by atoms with Gasteiger partial charge in [-0.1, -0.05) is 17.7 Å². The lowest BCUT2D eigenvalue weighted by Crippen LogP contribution is -1.97. The predicted octanol–water partition coefficient (Wildman–Crippen LogP) is 3.15. The van der Waals surface area contributed by atoms with Gasteiger partial charge in [-0.05, 0) is 31.0 Å². The van der Waals surface area contributed by atoms with Gasteiger partial charge in [-0.3, -0.25) is 4.79 Å². The van der Waals surface area contributed by atoms with Gasteiger partial charge in [-0.25, -0.2) is 0 Å². The molecule has 0 atom stereocenters. The second-order valence-corrected chi connectivity index (χ2v) is 4.25. The number of carbonyl (C=O) groups is 1. The summed E-state index contributed by atoms with van der Waals surface area (Å²) in [4.78, 5) is 13.7. The normalized spacial score (nSPS) is 10.9. The molecule has 1 aromatic carbocycles. The average Bonchev–Trinajstić information content (AvgIpc) is 2.66. The molecule has 2 N–H and O–H groups in total. The van der Waals surface area contributed by atoms with E-state index in [0.29, 0.717) is 11.4 Å². The Balaban J connectivity index is 2.39. The Morgan fingerprint density at radius 1 is 1.50 bits per heavy atom. The molecule has 1 heterocycles. The van der Waals surface area contributed by atoms with Gasteiger partial charge in [-0.15, -0.1) is 0 Å². The number of carboxylic acid groups (broad SMARTS) is 1. The van der Waals surface area contributed by atoms with Gasteiger partial charge in [0.25, 0.3) is 0 Å². The van der Waals surface area contributed by atoms with E-state index in [9.17, 15) is 4.79 Å². The summed E-state index contributed by atoms with van der Waals surface area (Å²) in [6, 6.07) is 5.73. The highest BCUT2D eigenvalue weighted by atomic mass is 35.5. The molecule has 3 nitrogen and oxygen atoms in total. The quantitative estimate of drug-likeness (QED) is 0.862. The van der Waals surface area contributed by atoms with Gasteiger partial charge >= 0.3 is 5.97 Å². The van der Waals surface area contributed by atoms with Crippen LogP contribution in [0.4, 0.5) is 0 Å². The molecule has 4 heteroatoms. The number of halogens is 1. The van der Waals surface area contributed by atoms with Crippen molar-refractivity contribution in [2.24, 2.45) is 0 Å². The molecular formula is C12H12ClNO2. The van der Waals surface area contributed by atoms with E-state index in [1.165, 1.54) is 0 Å². The second-order valence-electron chi connectivity index (χ2n) is 3.84. The zero-order valence-electron chi connectivity index (χ0n) is 8.88. The van der Waals surface area contributed by atoms with Crippen LogP contribution in [-0.2, 0) is 11.2 Å². The van der Waals surface area contributed by atoms with Crippen molar-refractivity contribution in [2.75, 3.05) is 0 Å². The van der Waals surface area contributed by atoms with Crippen LogP contribution in [0.15, 0.2) is 18.2 Å². The fraction of sp³-hybridized carbons (Fsp3) is 0.250. The van der Waals surface area contributed by atoms with Gasteiger partial charge in [0, 0.05) is 16.1 Å². The number of aromatic nitrogens is 1. The van der Waals surface area contributed by atoms with Crippen molar-refractivity contribution in [3.63, 3.8) is 0 Å². The molecule has 0 radical (unpaired) electrons. The number of H-pyrrole nitrogens is 1. The van der Waals surface area contributed by atoms with Gasteiger partial charge in [0.05, 0.1) is 11.9 Å². The number of hydrogen-bond donors (Lipinski definition) is 2. The molecule has 1 aromatic heterocycles. The summed E-state index contributed by atoms with van der Waals surface area (Å²) in [6.07, 6.45) is 0.628. The van der Waals surface area contributed by atoms with E-state index in [4.69, 9.17) is 16.7 Å². The van der Waals surface area contributed by atoms with E-state index in [1.807, 2.05) is 25.1 Å². The summed E-state index contributed by atoms with van der Waals surface area (Å²) in [7, 11) is 0. The maximum atomic E-state index is 10.5. The second kappa shape index (κ2) is 4.18. The van der Waals surface area contributed by atoms with E-state index in [-0.39, 0.29) is 6.42 Å². The molecule has 0 saturated carbocycles. The molecule has 0 aliphatic carbocycles. The number of hydrogen-bond acceptors (Lipinski definition) is 1. The number of rotatable bonds is 3. The number of benzene rings is 1. The summed E-state index contributed by atoms with van der Waals surface area (Å²) in [5, 5.41) is 10.3. The molecule has 0 fully saturated rings. The zero-order valence-corrected chi connectivity index (χ0v) is 9.64. The van der Waals surface area contributed by atoms with Gasteiger partial charge in [0.15, 0.2) is 0 Å². The average molecular weight is 238 g/mol. The largest absolute Gasteiger partial charge is 0.481 e. The van der Waals surface area contributed by atoms with Crippen molar-refractivity contribution in [2.45, 2.75) is 19.8 Å². The van der Waals surface area contributed by atoms with E-state index in [0.717, 1.165) is 22.2 Å². The van der Waals surface area contributed by atoms with Crippen molar-refractivity contribution in [1.82, 2.24) is 4.98 Å². The Hall–Kier alpha value is -1.48. The number of aromatic amines is 1. The third-order valence-electron chi connectivity index (χ3n) is 2.61. The van der Waals surface area contributed by atoms with Gasteiger partial charge in [-0.2, -0.15) is 0 Å². The van der Waals surface area contributed by atoms with Crippen LogP contribution in [0.5, 0.6) is 0 Å². The molecule has 16 heavy (non-hydrogen) atoms. The predicted molar refractivity (Wildman–Crippen MR) is 64.0 cm³/mol. The van der Waals surface area contributed by atoms with E-state index < -0.39 is 5.97 Å². The first-order valence-corrected chi connectivity index (χ1v) is 5.44. The molecule has 0 unspecified atom stereocenters. The lowest BCUT2D eigenvalue weighted by molar-refractivity contribution is -0.136. The Morgan fingerprint density at radius 3 is 2.88 bits per heavy atom. The van der Waals surface area contributed by atoms with Gasteiger partial charge < -0.3 is 10.1 Å². The first-order chi connectivity index (χ1) is 7.58. The lowest BCUT2D eigenvalue weighted by Gasteiger charge is -1.97. The van der Waals surface area contributed by atoms with Gasteiger partial charge in [0.2, 0.25) is 0 Å². The van der Waals surface area contributed by atoms with Crippen LogP contribution in [0, 0.1) is 6.92 Å². The van der Waals surface area contributed by atoms with Crippen LogP contribution < -0.4 is 0 Å². The lowest BCUT2D eigenvalue weighted by atomic mass is 10.1. The van der Waals surface area contributed by atoms with Crippen molar-refractivity contribution < 1.29 is 9.90 Å². The summed E-state index contributed by atoms with van der Waals surface area (Å²) in [6.45, 7) is 2.00. The molecule has 0 aliphatic rings. The fourth-order valence-electron chi connectivity index (χ4n) is 1.76. The number of aliphatic carboxylic acids is 1. The molecule has 0 spiro atoms. The summed E-state index contributed by atoms with van der Waals surface area (Å²) in [5.74, 6) is -0.790. The van der Waals surface area contributed by atoms with Crippen LogP contribution >= 0.6 is 11.6 Å². The highest BCUT2D eigenvalue weighted by Gasteiger charge is 2.07. The maximum absolute atomic E-state index is 10.5. The van der Waals surface area contributed by atoms with Crippen LogP contribution in [0.1, 0.15) is 17.7 Å². The van der Waals surface area contributed by atoms with Crippen LogP contribution in [0.2, 0.25) is 5.02 Å². The Kier molecular flexibility index (Phi) is 2.88. The van der Waals surface area contributed by atoms with Crippen molar-refractivity contribution >= 4 is 28.5 Å². The molecular weight excluding hydrogens is 226 g/mol. The number of carboxylic acids is 1. The molecule has 0 aliphatic heterocycles. The third-order valence-corrected chi connectivity index (χ3v) is 2.94. The highest BCUT2D eigenvalue weighted by Crippen LogP contribution is 2.27. The number of fused-ring (bicyclic) bond motifs is 1. The molecule has 0 bridgehead atoms. The topological polar surface area (TPSA) is 53.1 Å². The van der Waals surface area contributed by atoms with Crippen LogP contribution in [0.25, 0.3) is 10.9 Å². The molecule has 84 valence electrons. The summed E-state index contributed by atoms with van der Waals surface area (Å²) < 4.78 is 0. The molecule has 0 amide bonds. The SMILES string of the molecule is Cc1ccc(Cl)c2cc(CCC(=O)O)[nH]c12. The van der Waals surface area contributed by atoms with Crippen LogP contribution in [0.3, 0.4) is 0 Å². The molecule has 2 rings (SSSR count). The minimum absolute atomic E-state index is 0.128. The Labute approximate surface area is 98.0 Å². The fourth-order valence-corrected chi connectivity index (χ4v) is 1.97. The van der Waals surface area contributed by atoms with Crippen molar-refractivity contribution in [3.05, 3.63) is 34.5 Å². The Bertz CT molecular complexity index is 506.